The lowest BCUT2D eigenvalue weighted by molar-refractivity contribution is 0.271. The zero-order valence-corrected chi connectivity index (χ0v) is 31.6. The summed E-state index contributed by atoms with van der Waals surface area (Å²) in [6, 6.07) is 67.2. The van der Waals surface area contributed by atoms with Gasteiger partial charge in [-0.05, 0) is 105 Å². The molecule has 3 unspecified atom stereocenters. The largest absolute Gasteiger partial charge is 0.484 e. The third kappa shape index (κ3) is 4.12. The van der Waals surface area contributed by atoms with Gasteiger partial charge in [-0.2, -0.15) is 0 Å². The minimum absolute atomic E-state index is 0.0258. The molecule has 3 heteroatoms. The van der Waals surface area contributed by atoms with Crippen LogP contribution in [-0.4, -0.2) is 10.7 Å². The molecule has 0 radical (unpaired) electrons. The summed E-state index contributed by atoms with van der Waals surface area (Å²) in [5, 5.41) is 2.43. The fourth-order valence-corrected chi connectivity index (χ4v) is 10.8. The SMILES string of the molecule is C1=CC2Oc3c(cc4c5c3c3ccccc3n5-c3ccccc3C43c4ccccc4-c4ccc(N(c5ccccc5)c5ccc(-c6ccccc6)cc5)cc43)C2C=C1. The van der Waals surface area contributed by atoms with Gasteiger partial charge in [0.05, 0.1) is 27.5 Å². The molecule has 0 fully saturated rings. The van der Waals surface area contributed by atoms with Crippen LogP contribution < -0.4 is 9.64 Å². The molecule has 0 amide bonds. The number of anilines is 3. The molecule has 58 heavy (non-hydrogen) atoms. The van der Waals surface area contributed by atoms with Crippen LogP contribution in [-0.2, 0) is 5.41 Å². The van der Waals surface area contributed by atoms with Crippen molar-refractivity contribution in [3.63, 3.8) is 0 Å². The van der Waals surface area contributed by atoms with E-state index in [1.54, 1.807) is 0 Å². The molecule has 0 saturated heterocycles. The second-order valence-corrected chi connectivity index (χ2v) is 15.9. The van der Waals surface area contributed by atoms with Crippen molar-refractivity contribution in [1.82, 2.24) is 4.57 Å². The maximum Gasteiger partial charge on any atom is 0.134 e. The third-order valence-electron chi connectivity index (χ3n) is 13.1. The van der Waals surface area contributed by atoms with Crippen molar-refractivity contribution in [2.75, 3.05) is 4.90 Å². The van der Waals surface area contributed by atoms with Crippen LogP contribution in [0.1, 0.15) is 33.7 Å². The van der Waals surface area contributed by atoms with Gasteiger partial charge in [-0.15, -0.1) is 0 Å². The number of allylic oxidation sites excluding steroid dienone is 2. The monoisotopic (exact) mass is 740 g/mol. The fraction of sp³-hybridized carbons (Fsp3) is 0.0545. The zero-order chi connectivity index (χ0) is 38.0. The number of hydrogen-bond acceptors (Lipinski definition) is 2. The fourth-order valence-electron chi connectivity index (χ4n) is 10.8. The summed E-state index contributed by atoms with van der Waals surface area (Å²) < 4.78 is 9.49. The summed E-state index contributed by atoms with van der Waals surface area (Å²) in [5.41, 5.74) is 17.8. The summed E-state index contributed by atoms with van der Waals surface area (Å²) in [5.74, 6) is 1.16. The Morgan fingerprint density at radius 2 is 1.16 bits per heavy atom. The van der Waals surface area contributed by atoms with Gasteiger partial charge in [0.25, 0.3) is 0 Å². The summed E-state index contributed by atoms with van der Waals surface area (Å²) in [6.07, 6.45) is 8.83. The van der Waals surface area contributed by atoms with Gasteiger partial charge in [-0.3, -0.25) is 0 Å². The summed E-state index contributed by atoms with van der Waals surface area (Å²) >= 11 is 0. The highest BCUT2D eigenvalue weighted by Gasteiger charge is 2.52. The number of fused-ring (bicyclic) bond motifs is 16. The van der Waals surface area contributed by atoms with Crippen LogP contribution in [0.4, 0.5) is 17.1 Å². The quantitative estimate of drug-likeness (QED) is 0.179. The molecule has 8 aromatic carbocycles. The first kappa shape index (κ1) is 31.8. The van der Waals surface area contributed by atoms with Gasteiger partial charge in [0.15, 0.2) is 0 Å². The highest BCUT2D eigenvalue weighted by molar-refractivity contribution is 6.16. The van der Waals surface area contributed by atoms with Crippen LogP contribution >= 0.6 is 0 Å². The number of benzene rings is 8. The summed E-state index contributed by atoms with van der Waals surface area (Å²) in [7, 11) is 0. The van der Waals surface area contributed by atoms with Crippen LogP contribution in [0.15, 0.2) is 206 Å². The molecular weight excluding hydrogens is 705 g/mol. The van der Waals surface area contributed by atoms with Gasteiger partial charge < -0.3 is 14.2 Å². The lowest BCUT2D eigenvalue weighted by atomic mass is 9.64. The van der Waals surface area contributed by atoms with E-state index in [1.807, 2.05) is 0 Å². The first-order valence-corrected chi connectivity index (χ1v) is 20.3. The molecule has 3 atom stereocenters. The molecule has 3 heterocycles. The van der Waals surface area contributed by atoms with E-state index in [0.717, 1.165) is 22.8 Å². The molecule has 9 aromatic rings. The average molecular weight is 741 g/mol. The first-order chi connectivity index (χ1) is 28.8. The molecule has 4 aliphatic rings. The number of aromatic nitrogens is 1. The molecule has 2 aliphatic heterocycles. The number of ether oxygens (including phenoxy) is 1. The molecule has 13 rings (SSSR count). The molecule has 3 nitrogen and oxygen atoms in total. The van der Waals surface area contributed by atoms with E-state index < -0.39 is 5.41 Å². The normalized spacial score (nSPS) is 18.8. The lowest BCUT2D eigenvalue weighted by Crippen LogP contribution is -2.33. The minimum Gasteiger partial charge on any atom is -0.484 e. The topological polar surface area (TPSA) is 17.4 Å². The number of hydrogen-bond donors (Lipinski definition) is 0. The summed E-state index contributed by atoms with van der Waals surface area (Å²) in [4.78, 5) is 2.41. The van der Waals surface area contributed by atoms with Crippen molar-refractivity contribution in [1.29, 1.82) is 0 Å². The van der Waals surface area contributed by atoms with E-state index in [2.05, 4.69) is 216 Å². The van der Waals surface area contributed by atoms with Gasteiger partial charge in [-0.25, -0.2) is 0 Å². The van der Waals surface area contributed by atoms with Gasteiger partial charge in [0, 0.05) is 33.9 Å². The van der Waals surface area contributed by atoms with Crippen LogP contribution in [0.25, 0.3) is 49.7 Å². The highest BCUT2D eigenvalue weighted by Crippen LogP contribution is 2.64. The zero-order valence-electron chi connectivity index (χ0n) is 31.6. The predicted octanol–water partition coefficient (Wildman–Crippen LogP) is 13.6. The molecule has 272 valence electrons. The van der Waals surface area contributed by atoms with E-state index in [4.69, 9.17) is 4.74 Å². The van der Waals surface area contributed by atoms with Crippen molar-refractivity contribution in [2.24, 2.45) is 0 Å². The molecule has 2 aliphatic carbocycles. The Kier molecular flexibility index (Phi) is 6.49. The van der Waals surface area contributed by atoms with Crippen LogP contribution in [0, 0.1) is 0 Å². The van der Waals surface area contributed by atoms with Gasteiger partial charge >= 0.3 is 0 Å². The molecule has 1 aromatic heterocycles. The van der Waals surface area contributed by atoms with Crippen LogP contribution in [0.3, 0.4) is 0 Å². The van der Waals surface area contributed by atoms with Crippen LogP contribution in [0.2, 0.25) is 0 Å². The Morgan fingerprint density at radius 3 is 2.02 bits per heavy atom. The van der Waals surface area contributed by atoms with Gasteiger partial charge in [0.2, 0.25) is 0 Å². The Morgan fingerprint density at radius 1 is 0.500 bits per heavy atom. The highest BCUT2D eigenvalue weighted by atomic mass is 16.5. The molecule has 0 bridgehead atoms. The average Bonchev–Trinajstić information content (AvgIpc) is 3.94. The molecule has 1 spiro atoms. The number of para-hydroxylation sites is 3. The Bertz CT molecular complexity index is 3210. The second-order valence-electron chi connectivity index (χ2n) is 15.9. The van der Waals surface area contributed by atoms with E-state index >= 15 is 0 Å². The molecular formula is C55H36N2O. The van der Waals surface area contributed by atoms with E-state index in [1.165, 1.54) is 77.6 Å². The van der Waals surface area contributed by atoms with Crippen molar-refractivity contribution < 1.29 is 4.74 Å². The van der Waals surface area contributed by atoms with E-state index in [-0.39, 0.29) is 12.0 Å². The predicted molar refractivity (Wildman–Crippen MR) is 237 cm³/mol. The third-order valence-corrected chi connectivity index (χ3v) is 13.1. The first-order valence-electron chi connectivity index (χ1n) is 20.3. The standard InChI is InChI=1S/C55H36N2O/c1-3-15-35(16-4-1)36-27-29-38(30-28-36)56(37-17-5-2-6-18-37)39-31-32-41-40-19-7-10-22-45(40)55(47(41)33-39)46-23-11-13-25-50(46)57-49-24-12-8-21-43(49)52-53(57)48(55)34-44-42-20-9-14-26-51(42)58-54(44)52/h1-34,42,51H. The van der Waals surface area contributed by atoms with Gasteiger partial charge in [0.1, 0.15) is 11.9 Å². The van der Waals surface area contributed by atoms with Crippen molar-refractivity contribution in [3.8, 4) is 33.7 Å². The maximum absolute atomic E-state index is 6.97. The summed E-state index contributed by atoms with van der Waals surface area (Å²) in [6.45, 7) is 0. The second kappa shape index (κ2) is 11.8. The Balaban J connectivity index is 1.12. The minimum atomic E-state index is -0.595. The van der Waals surface area contributed by atoms with E-state index in [0.29, 0.717) is 0 Å². The molecule has 0 N–H and O–H groups in total. The lowest BCUT2D eigenvalue weighted by Gasteiger charge is -2.40. The number of rotatable bonds is 4. The Labute approximate surface area is 337 Å². The number of nitrogens with zero attached hydrogens (tertiary/aromatic N) is 2. The molecule has 0 saturated carbocycles. The van der Waals surface area contributed by atoms with Crippen LogP contribution in [0.5, 0.6) is 5.75 Å². The van der Waals surface area contributed by atoms with E-state index in [9.17, 15) is 0 Å². The maximum atomic E-state index is 6.97. The van der Waals surface area contributed by atoms with Crippen molar-refractivity contribution in [3.05, 3.63) is 234 Å². The van der Waals surface area contributed by atoms with Crippen molar-refractivity contribution in [2.45, 2.75) is 17.4 Å². The van der Waals surface area contributed by atoms with Gasteiger partial charge in [-0.1, -0.05) is 146 Å². The van der Waals surface area contributed by atoms with Crippen molar-refractivity contribution >= 4 is 38.9 Å². The smallest absolute Gasteiger partial charge is 0.134 e. The Hall–Kier alpha value is -7.36.